The molecule has 2 saturated heterocycles. The highest BCUT2D eigenvalue weighted by atomic mass is 19.4. The fourth-order valence-corrected chi connectivity index (χ4v) is 5.11. The van der Waals surface area contributed by atoms with Crippen LogP contribution >= 0.6 is 0 Å². The lowest BCUT2D eigenvalue weighted by atomic mass is 9.73. The maximum absolute atomic E-state index is 14.3. The standard InChI is InChI=1S/C25H24F5N3O2/c1-2-35-15-24-7-8-32(19-5-3-16(11-31)21(10-19)25(28,29)30)12-17(24)13-33(14-24)23(34)20-6-4-18(26)9-22(20)27/h3-6,9-10,17H,2,7-8,12-15H2,1H3. The lowest BCUT2D eigenvalue weighted by Crippen LogP contribution is -2.49. The molecule has 2 aliphatic rings. The van der Waals surface area contributed by atoms with Crippen molar-refractivity contribution in [2.24, 2.45) is 11.3 Å². The van der Waals surface area contributed by atoms with E-state index in [2.05, 4.69) is 0 Å². The molecule has 0 spiro atoms. The monoisotopic (exact) mass is 493 g/mol. The molecular formula is C25H24F5N3O2. The Morgan fingerprint density at radius 2 is 1.97 bits per heavy atom. The number of amides is 1. The largest absolute Gasteiger partial charge is 0.417 e. The Morgan fingerprint density at radius 3 is 2.63 bits per heavy atom. The number of nitrogens with zero attached hydrogens (tertiary/aromatic N) is 3. The third kappa shape index (κ3) is 4.82. The van der Waals surface area contributed by atoms with E-state index in [0.717, 1.165) is 18.2 Å². The van der Waals surface area contributed by atoms with Crippen LogP contribution in [0.5, 0.6) is 0 Å². The molecule has 2 aliphatic heterocycles. The van der Waals surface area contributed by atoms with Gasteiger partial charge in [0.1, 0.15) is 11.6 Å². The van der Waals surface area contributed by atoms with Gasteiger partial charge in [-0.2, -0.15) is 18.4 Å². The van der Waals surface area contributed by atoms with Crippen molar-refractivity contribution in [3.8, 4) is 6.07 Å². The first-order valence-electron chi connectivity index (χ1n) is 11.3. The molecule has 0 N–H and O–H groups in total. The quantitative estimate of drug-likeness (QED) is 0.559. The summed E-state index contributed by atoms with van der Waals surface area (Å²) < 4.78 is 73.7. The topological polar surface area (TPSA) is 56.6 Å². The minimum atomic E-state index is -4.66. The van der Waals surface area contributed by atoms with Gasteiger partial charge in [0.25, 0.3) is 5.91 Å². The maximum atomic E-state index is 14.3. The predicted molar refractivity (Wildman–Crippen MR) is 118 cm³/mol. The molecule has 0 saturated carbocycles. The normalized spacial score (nSPS) is 22.1. The summed E-state index contributed by atoms with van der Waals surface area (Å²) in [5.41, 5.74) is -1.74. The number of rotatable bonds is 5. The zero-order valence-corrected chi connectivity index (χ0v) is 19.0. The van der Waals surface area contributed by atoms with Gasteiger partial charge in [-0.1, -0.05) is 0 Å². The van der Waals surface area contributed by atoms with Gasteiger partial charge in [0.2, 0.25) is 0 Å². The number of hydrogen-bond donors (Lipinski definition) is 0. The first kappa shape index (κ1) is 24.9. The molecule has 0 bridgehead atoms. The van der Waals surface area contributed by atoms with Gasteiger partial charge in [-0.15, -0.1) is 0 Å². The molecule has 5 nitrogen and oxygen atoms in total. The summed E-state index contributed by atoms with van der Waals surface area (Å²) >= 11 is 0. The Labute approximate surface area is 199 Å². The molecule has 2 aromatic carbocycles. The second-order valence-electron chi connectivity index (χ2n) is 9.04. The van der Waals surface area contributed by atoms with Crippen molar-refractivity contribution >= 4 is 11.6 Å². The number of carbonyl (C=O) groups excluding carboxylic acids is 1. The summed E-state index contributed by atoms with van der Waals surface area (Å²) in [6, 6.07) is 8.05. The molecule has 0 radical (unpaired) electrons. The van der Waals surface area contributed by atoms with E-state index in [4.69, 9.17) is 10.00 Å². The molecule has 2 fully saturated rings. The van der Waals surface area contributed by atoms with Gasteiger partial charge in [0.15, 0.2) is 0 Å². The minimum absolute atomic E-state index is 0.139. The summed E-state index contributed by atoms with van der Waals surface area (Å²) in [6.45, 7) is 4.04. The summed E-state index contributed by atoms with van der Waals surface area (Å²) in [4.78, 5) is 16.4. The van der Waals surface area contributed by atoms with Crippen LogP contribution in [0.3, 0.4) is 0 Å². The molecular weight excluding hydrogens is 469 g/mol. The number of halogens is 5. The van der Waals surface area contributed by atoms with Crippen molar-refractivity contribution in [3.63, 3.8) is 0 Å². The van der Waals surface area contributed by atoms with Crippen molar-refractivity contribution in [1.82, 2.24) is 4.90 Å². The van der Waals surface area contributed by atoms with Crippen LogP contribution in [0, 0.1) is 34.3 Å². The summed E-state index contributed by atoms with van der Waals surface area (Å²) in [5, 5.41) is 9.07. The van der Waals surface area contributed by atoms with Crippen LogP contribution in [0.25, 0.3) is 0 Å². The van der Waals surface area contributed by atoms with Crippen LogP contribution in [0.4, 0.5) is 27.6 Å². The molecule has 35 heavy (non-hydrogen) atoms. The van der Waals surface area contributed by atoms with Crippen molar-refractivity contribution in [2.75, 3.05) is 44.3 Å². The average molecular weight is 493 g/mol. The Morgan fingerprint density at radius 1 is 1.20 bits per heavy atom. The highest BCUT2D eigenvalue weighted by Crippen LogP contribution is 2.45. The smallest absolute Gasteiger partial charge is 0.381 e. The van der Waals surface area contributed by atoms with Crippen LogP contribution in [0.2, 0.25) is 0 Å². The number of anilines is 1. The molecule has 0 aliphatic carbocycles. The van der Waals surface area contributed by atoms with Gasteiger partial charge in [0.05, 0.1) is 29.4 Å². The van der Waals surface area contributed by atoms with Crippen molar-refractivity contribution < 1.29 is 31.5 Å². The SMILES string of the molecule is CCOCC12CCN(c3ccc(C#N)c(C(F)(F)F)c3)CC1CN(C(=O)c1ccc(F)cc1F)C2. The van der Waals surface area contributed by atoms with E-state index in [1.165, 1.54) is 17.0 Å². The summed E-state index contributed by atoms with van der Waals surface area (Å²) in [7, 11) is 0. The molecule has 2 atom stereocenters. The number of ether oxygens (including phenoxy) is 1. The molecule has 2 heterocycles. The summed E-state index contributed by atoms with van der Waals surface area (Å²) in [5.74, 6) is -2.42. The third-order valence-corrected chi connectivity index (χ3v) is 6.97. The van der Waals surface area contributed by atoms with Crippen LogP contribution < -0.4 is 4.90 Å². The Bertz CT molecular complexity index is 1160. The number of carbonyl (C=O) groups is 1. The average Bonchev–Trinajstić information content (AvgIpc) is 3.20. The Balaban J connectivity index is 1.60. The van der Waals surface area contributed by atoms with Crippen molar-refractivity contribution in [3.05, 3.63) is 64.7 Å². The maximum Gasteiger partial charge on any atom is 0.417 e. The molecule has 2 unspecified atom stereocenters. The van der Waals surface area contributed by atoms with Crippen molar-refractivity contribution in [2.45, 2.75) is 19.5 Å². The van der Waals surface area contributed by atoms with Gasteiger partial charge in [-0.25, -0.2) is 8.78 Å². The molecule has 10 heteroatoms. The van der Waals surface area contributed by atoms with Crippen LogP contribution in [0.15, 0.2) is 36.4 Å². The fraction of sp³-hybridized carbons (Fsp3) is 0.440. The lowest BCUT2D eigenvalue weighted by molar-refractivity contribution is -0.137. The van der Waals surface area contributed by atoms with E-state index in [9.17, 15) is 26.7 Å². The second-order valence-corrected chi connectivity index (χ2v) is 9.04. The van der Waals surface area contributed by atoms with Gasteiger partial charge >= 0.3 is 6.18 Å². The van der Waals surface area contributed by atoms with Crippen LogP contribution in [-0.4, -0.2) is 50.2 Å². The Kier molecular flexibility index (Phi) is 6.73. The van der Waals surface area contributed by atoms with E-state index < -0.39 is 40.3 Å². The van der Waals surface area contributed by atoms with E-state index in [-0.39, 0.29) is 18.0 Å². The molecule has 186 valence electrons. The van der Waals surface area contributed by atoms with Crippen LogP contribution in [-0.2, 0) is 10.9 Å². The van der Waals surface area contributed by atoms with E-state index >= 15 is 0 Å². The number of nitriles is 1. The molecule has 2 aromatic rings. The number of piperidine rings is 1. The number of alkyl halides is 3. The fourth-order valence-electron chi connectivity index (χ4n) is 5.11. The number of benzene rings is 2. The Hall–Kier alpha value is -3.19. The molecule has 1 amide bonds. The van der Waals surface area contributed by atoms with Gasteiger partial charge in [-0.05, 0) is 43.7 Å². The second kappa shape index (κ2) is 9.46. The third-order valence-electron chi connectivity index (χ3n) is 6.97. The van der Waals surface area contributed by atoms with E-state index in [1.54, 1.807) is 6.07 Å². The highest BCUT2D eigenvalue weighted by molar-refractivity contribution is 5.94. The lowest BCUT2D eigenvalue weighted by Gasteiger charge is -2.44. The number of likely N-dealkylation sites (tertiary alicyclic amines) is 1. The van der Waals surface area contributed by atoms with E-state index in [1.807, 2.05) is 11.8 Å². The van der Waals surface area contributed by atoms with Crippen molar-refractivity contribution in [1.29, 1.82) is 5.26 Å². The zero-order chi connectivity index (χ0) is 25.4. The minimum Gasteiger partial charge on any atom is -0.381 e. The first-order valence-corrected chi connectivity index (χ1v) is 11.3. The highest BCUT2D eigenvalue weighted by Gasteiger charge is 2.51. The number of hydrogen-bond acceptors (Lipinski definition) is 4. The predicted octanol–water partition coefficient (Wildman–Crippen LogP) is 4.86. The summed E-state index contributed by atoms with van der Waals surface area (Å²) in [6.07, 6.45) is -4.11. The van der Waals surface area contributed by atoms with Gasteiger partial charge in [0, 0.05) is 55.9 Å². The first-order chi connectivity index (χ1) is 16.6. The number of fused-ring (bicyclic) bond motifs is 1. The molecule has 4 rings (SSSR count). The van der Waals surface area contributed by atoms with Crippen LogP contribution in [0.1, 0.15) is 34.8 Å². The zero-order valence-electron chi connectivity index (χ0n) is 19.0. The van der Waals surface area contributed by atoms with Gasteiger partial charge in [-0.3, -0.25) is 4.79 Å². The van der Waals surface area contributed by atoms with E-state index in [0.29, 0.717) is 51.0 Å². The van der Waals surface area contributed by atoms with Gasteiger partial charge < -0.3 is 14.5 Å². The molecule has 0 aromatic heterocycles.